The summed E-state index contributed by atoms with van der Waals surface area (Å²) in [6, 6.07) is 11.6. The number of aromatic nitrogens is 2. The number of benzene rings is 2. The summed E-state index contributed by atoms with van der Waals surface area (Å²) in [6.45, 7) is 0. The van der Waals surface area contributed by atoms with Crippen LogP contribution in [0.1, 0.15) is 10.4 Å². The molecule has 3 aromatic rings. The van der Waals surface area contributed by atoms with E-state index in [1.54, 1.807) is 36.4 Å². The van der Waals surface area contributed by atoms with Gasteiger partial charge < -0.3 is 10.1 Å². The van der Waals surface area contributed by atoms with Crippen molar-refractivity contribution in [1.29, 1.82) is 0 Å². The molecule has 2 aromatic carbocycles. The minimum absolute atomic E-state index is 0.274. The summed E-state index contributed by atoms with van der Waals surface area (Å²) in [7, 11) is 1.47. The number of carbonyl (C=O) groups excluding carboxylic acids is 1. The molecule has 7 nitrogen and oxygen atoms in total. The third-order valence-corrected chi connectivity index (χ3v) is 3.48. The molecular weight excluding hydrogens is 334 g/mol. The fourth-order valence-electron chi connectivity index (χ4n) is 2.15. The van der Waals surface area contributed by atoms with Crippen molar-refractivity contribution in [1.82, 2.24) is 10.1 Å². The second-order valence-corrected chi connectivity index (χ2v) is 5.26. The van der Waals surface area contributed by atoms with Crippen LogP contribution in [-0.2, 0) is 0 Å². The predicted molar refractivity (Wildman–Crippen MR) is 88.5 cm³/mol. The number of H-pyrrole nitrogens is 1. The average Bonchev–Trinajstić information content (AvgIpc) is 3.01. The van der Waals surface area contributed by atoms with Crippen molar-refractivity contribution < 1.29 is 14.1 Å². The zero-order chi connectivity index (χ0) is 17.1. The first-order valence-electron chi connectivity index (χ1n) is 6.88. The highest BCUT2D eigenvalue weighted by Gasteiger charge is 2.14. The number of aromatic amines is 1. The van der Waals surface area contributed by atoms with Gasteiger partial charge in [0.05, 0.1) is 12.7 Å². The van der Waals surface area contributed by atoms with Crippen LogP contribution in [0.2, 0.25) is 5.02 Å². The molecule has 1 heterocycles. The fraction of sp³-hybridized carbons (Fsp3) is 0.0625. The molecule has 0 bridgehead atoms. The summed E-state index contributed by atoms with van der Waals surface area (Å²) in [5.74, 6) is -0.339. The summed E-state index contributed by atoms with van der Waals surface area (Å²) in [6.07, 6.45) is 0. The minimum Gasteiger partial charge on any atom is -0.496 e. The summed E-state index contributed by atoms with van der Waals surface area (Å²) in [4.78, 5) is 25.9. The molecule has 0 saturated heterocycles. The number of rotatable bonds is 4. The quantitative estimate of drug-likeness (QED) is 0.757. The fourth-order valence-corrected chi connectivity index (χ4v) is 2.33. The number of amides is 1. The zero-order valence-corrected chi connectivity index (χ0v) is 13.3. The first-order valence-corrected chi connectivity index (χ1v) is 7.26. The number of nitrogens with zero attached hydrogens (tertiary/aromatic N) is 1. The monoisotopic (exact) mass is 345 g/mol. The highest BCUT2D eigenvalue weighted by molar-refractivity contribution is 6.31. The Morgan fingerprint density at radius 1 is 1.29 bits per heavy atom. The predicted octanol–water partition coefficient (Wildman–Crippen LogP) is 2.94. The Balaban J connectivity index is 1.88. The van der Waals surface area contributed by atoms with Crippen LogP contribution in [0.3, 0.4) is 0 Å². The molecule has 2 N–H and O–H groups in total. The Labute approximate surface area is 141 Å². The number of methoxy groups -OCH3 is 1. The standard InChI is InChI=1S/C16H12ClN3O4/c1-23-13-6-5-10(17)8-12(13)15(21)18-11-4-2-3-9(7-11)14-19-16(22)24-20-14/h2-8H,1H3,(H,18,21)(H,19,20,22). The highest BCUT2D eigenvalue weighted by atomic mass is 35.5. The number of anilines is 1. The maximum absolute atomic E-state index is 12.5. The second kappa shape index (κ2) is 6.59. The number of halogens is 1. The molecule has 0 fully saturated rings. The van der Waals surface area contributed by atoms with Crippen molar-refractivity contribution in [3.8, 4) is 17.1 Å². The molecule has 24 heavy (non-hydrogen) atoms. The van der Waals surface area contributed by atoms with E-state index < -0.39 is 5.76 Å². The maximum atomic E-state index is 12.5. The molecule has 0 aliphatic carbocycles. The third kappa shape index (κ3) is 3.31. The maximum Gasteiger partial charge on any atom is 0.439 e. The lowest BCUT2D eigenvalue weighted by atomic mass is 10.1. The third-order valence-electron chi connectivity index (χ3n) is 3.24. The minimum atomic E-state index is -0.650. The number of hydrogen-bond acceptors (Lipinski definition) is 5. The summed E-state index contributed by atoms with van der Waals surface area (Å²) < 4.78 is 9.65. The Morgan fingerprint density at radius 2 is 2.12 bits per heavy atom. The van der Waals surface area contributed by atoms with Gasteiger partial charge in [-0.25, -0.2) is 4.79 Å². The van der Waals surface area contributed by atoms with Gasteiger partial charge in [0, 0.05) is 16.3 Å². The average molecular weight is 346 g/mol. The molecule has 0 saturated carbocycles. The van der Waals surface area contributed by atoms with Crippen molar-refractivity contribution in [2.45, 2.75) is 0 Å². The van der Waals surface area contributed by atoms with E-state index in [4.69, 9.17) is 16.3 Å². The Kier molecular flexibility index (Phi) is 4.35. The molecule has 0 spiro atoms. The molecule has 0 radical (unpaired) electrons. The van der Waals surface area contributed by atoms with E-state index in [0.29, 0.717) is 27.6 Å². The molecule has 1 aromatic heterocycles. The van der Waals surface area contributed by atoms with Crippen molar-refractivity contribution in [2.24, 2.45) is 0 Å². The van der Waals surface area contributed by atoms with Gasteiger partial charge in [0.25, 0.3) is 5.91 Å². The first kappa shape index (κ1) is 15.8. The van der Waals surface area contributed by atoms with E-state index >= 15 is 0 Å². The van der Waals surface area contributed by atoms with Crippen LogP contribution in [0.4, 0.5) is 5.69 Å². The molecule has 1 amide bonds. The van der Waals surface area contributed by atoms with E-state index in [1.165, 1.54) is 13.2 Å². The molecule has 122 valence electrons. The van der Waals surface area contributed by atoms with Gasteiger partial charge in [-0.15, -0.1) is 0 Å². The van der Waals surface area contributed by atoms with E-state index in [2.05, 4.69) is 20.0 Å². The van der Waals surface area contributed by atoms with Gasteiger partial charge in [-0.3, -0.25) is 14.3 Å². The molecule has 0 unspecified atom stereocenters. The number of hydrogen-bond donors (Lipinski definition) is 2. The van der Waals surface area contributed by atoms with Gasteiger partial charge in [-0.2, -0.15) is 0 Å². The largest absolute Gasteiger partial charge is 0.496 e. The lowest BCUT2D eigenvalue weighted by Crippen LogP contribution is -2.13. The van der Waals surface area contributed by atoms with Crippen LogP contribution >= 0.6 is 11.6 Å². The van der Waals surface area contributed by atoms with Gasteiger partial charge >= 0.3 is 5.76 Å². The van der Waals surface area contributed by atoms with Crippen molar-refractivity contribution in [3.05, 3.63) is 63.6 Å². The topological polar surface area (TPSA) is 97.2 Å². The van der Waals surface area contributed by atoms with Gasteiger partial charge in [-0.05, 0) is 30.3 Å². The molecule has 0 aliphatic rings. The molecule has 8 heteroatoms. The van der Waals surface area contributed by atoms with Crippen molar-refractivity contribution >= 4 is 23.2 Å². The number of nitrogens with one attached hydrogen (secondary N) is 2. The number of ether oxygens (including phenoxy) is 1. The SMILES string of the molecule is COc1ccc(Cl)cc1C(=O)Nc1cccc(-c2noc(=O)[nH]2)c1. The Bertz CT molecular complexity index is 948. The van der Waals surface area contributed by atoms with Crippen LogP contribution in [0, 0.1) is 0 Å². The Morgan fingerprint density at radius 3 is 2.83 bits per heavy atom. The Hall–Kier alpha value is -3.06. The molecule has 0 aliphatic heterocycles. The van der Waals surface area contributed by atoms with Gasteiger partial charge in [0.15, 0.2) is 5.82 Å². The van der Waals surface area contributed by atoms with E-state index in [0.717, 1.165) is 0 Å². The van der Waals surface area contributed by atoms with Crippen molar-refractivity contribution in [3.63, 3.8) is 0 Å². The van der Waals surface area contributed by atoms with Crippen LogP contribution in [-0.4, -0.2) is 23.2 Å². The van der Waals surface area contributed by atoms with Crippen LogP contribution in [0.5, 0.6) is 5.75 Å². The zero-order valence-electron chi connectivity index (χ0n) is 12.5. The summed E-state index contributed by atoms with van der Waals surface area (Å²) in [5, 5.41) is 6.79. The smallest absolute Gasteiger partial charge is 0.439 e. The van der Waals surface area contributed by atoms with Crippen LogP contribution in [0.25, 0.3) is 11.4 Å². The van der Waals surface area contributed by atoms with Crippen LogP contribution in [0.15, 0.2) is 51.8 Å². The van der Waals surface area contributed by atoms with Crippen molar-refractivity contribution in [2.75, 3.05) is 12.4 Å². The number of carbonyl (C=O) groups is 1. The van der Waals surface area contributed by atoms with Crippen LogP contribution < -0.4 is 15.8 Å². The molecule has 0 atom stereocenters. The summed E-state index contributed by atoms with van der Waals surface area (Å²) >= 11 is 5.94. The summed E-state index contributed by atoms with van der Waals surface area (Å²) in [5.41, 5.74) is 1.42. The lowest BCUT2D eigenvalue weighted by Gasteiger charge is -2.10. The van der Waals surface area contributed by atoms with E-state index in [9.17, 15) is 9.59 Å². The molecular formula is C16H12ClN3O4. The normalized spacial score (nSPS) is 10.4. The van der Waals surface area contributed by atoms with Gasteiger partial charge in [0.1, 0.15) is 5.75 Å². The van der Waals surface area contributed by atoms with Gasteiger partial charge in [-0.1, -0.05) is 28.9 Å². The lowest BCUT2D eigenvalue weighted by molar-refractivity contribution is 0.102. The van der Waals surface area contributed by atoms with Gasteiger partial charge in [0.2, 0.25) is 0 Å². The highest BCUT2D eigenvalue weighted by Crippen LogP contribution is 2.24. The second-order valence-electron chi connectivity index (χ2n) is 4.82. The molecule has 3 rings (SSSR count). The van der Waals surface area contributed by atoms with E-state index in [-0.39, 0.29) is 11.7 Å². The van der Waals surface area contributed by atoms with E-state index in [1.807, 2.05) is 0 Å². The first-order chi connectivity index (χ1) is 11.6.